The molecule has 3 nitrogen and oxygen atoms in total. The quantitative estimate of drug-likeness (QED) is 0.906. The summed E-state index contributed by atoms with van der Waals surface area (Å²) in [5, 5.41) is 2.91. The fourth-order valence-corrected chi connectivity index (χ4v) is 2.33. The third-order valence-electron chi connectivity index (χ3n) is 3.87. The molecule has 3 rings (SSSR count). The van der Waals surface area contributed by atoms with E-state index in [2.05, 4.69) is 12.2 Å². The van der Waals surface area contributed by atoms with E-state index < -0.39 is 0 Å². The molecule has 0 unspecified atom stereocenters. The van der Waals surface area contributed by atoms with Gasteiger partial charge in [-0.05, 0) is 42.2 Å². The summed E-state index contributed by atoms with van der Waals surface area (Å²) >= 11 is 0. The van der Waals surface area contributed by atoms with Gasteiger partial charge in [-0.15, -0.1) is 0 Å². The van der Waals surface area contributed by atoms with Crippen molar-refractivity contribution in [2.75, 3.05) is 5.32 Å². The summed E-state index contributed by atoms with van der Waals surface area (Å²) in [7, 11) is 0. The zero-order valence-electron chi connectivity index (χ0n) is 12.4. The number of rotatable bonds is 5. The number of halogens is 1. The van der Waals surface area contributed by atoms with Crippen LogP contribution in [0.25, 0.3) is 0 Å². The lowest BCUT2D eigenvalue weighted by molar-refractivity contribution is -0.117. The number of benzene rings is 2. The molecule has 0 aromatic heterocycles. The highest BCUT2D eigenvalue weighted by atomic mass is 19.1. The van der Waals surface area contributed by atoms with Gasteiger partial charge < -0.3 is 10.1 Å². The van der Waals surface area contributed by atoms with Crippen molar-refractivity contribution >= 4 is 11.6 Å². The normalized spacial score (nSPS) is 19.5. The Bertz CT molecular complexity index is 669. The van der Waals surface area contributed by atoms with Crippen LogP contribution in [-0.2, 0) is 11.4 Å². The molecular formula is C18H18FNO2. The Kier molecular flexibility index (Phi) is 4.09. The zero-order chi connectivity index (χ0) is 15.5. The van der Waals surface area contributed by atoms with Gasteiger partial charge in [-0.2, -0.15) is 0 Å². The highest BCUT2D eigenvalue weighted by Crippen LogP contribution is 2.38. The first-order valence-electron chi connectivity index (χ1n) is 7.40. The Morgan fingerprint density at radius 1 is 1.27 bits per heavy atom. The second-order valence-corrected chi connectivity index (χ2v) is 5.75. The first kappa shape index (κ1) is 14.6. The number of nitrogens with one attached hydrogen (secondary N) is 1. The van der Waals surface area contributed by atoms with Gasteiger partial charge in [0, 0.05) is 17.7 Å². The molecule has 2 aromatic rings. The maximum Gasteiger partial charge on any atom is 0.227 e. The molecule has 0 radical (unpaired) electrons. The van der Waals surface area contributed by atoms with Crippen molar-refractivity contribution in [3.05, 3.63) is 59.9 Å². The molecule has 1 fully saturated rings. The molecule has 0 bridgehead atoms. The van der Waals surface area contributed by atoms with Crippen LogP contribution in [0.3, 0.4) is 0 Å². The number of hydrogen-bond donors (Lipinski definition) is 1. The van der Waals surface area contributed by atoms with Gasteiger partial charge in [0.15, 0.2) is 0 Å². The molecule has 2 atom stereocenters. The Morgan fingerprint density at radius 3 is 2.68 bits per heavy atom. The lowest BCUT2D eigenvalue weighted by atomic mass is 10.2. The van der Waals surface area contributed by atoms with Crippen LogP contribution in [0.2, 0.25) is 0 Å². The second kappa shape index (κ2) is 6.18. The number of amides is 1. The summed E-state index contributed by atoms with van der Waals surface area (Å²) in [6, 6.07) is 13.5. The van der Waals surface area contributed by atoms with Gasteiger partial charge in [-0.25, -0.2) is 4.39 Å². The Hall–Kier alpha value is -2.36. The standard InChI is InChI=1S/C18H18FNO2/c1-12-9-17(12)18(21)20-15-3-2-4-16(10-15)22-11-13-5-7-14(19)8-6-13/h2-8,10,12,17H,9,11H2,1H3,(H,20,21)/t12-,17+/m1/s1. The fraction of sp³-hybridized carbons (Fsp3) is 0.278. The van der Waals surface area contributed by atoms with Crippen LogP contribution >= 0.6 is 0 Å². The van der Waals surface area contributed by atoms with E-state index in [1.807, 2.05) is 18.2 Å². The van der Waals surface area contributed by atoms with Crippen LogP contribution in [0.1, 0.15) is 18.9 Å². The largest absolute Gasteiger partial charge is 0.489 e. The molecule has 0 heterocycles. The summed E-state index contributed by atoms with van der Waals surface area (Å²) < 4.78 is 18.5. The molecule has 0 aliphatic heterocycles. The van der Waals surface area contributed by atoms with E-state index in [9.17, 15) is 9.18 Å². The first-order chi connectivity index (χ1) is 10.6. The minimum Gasteiger partial charge on any atom is -0.489 e. The third kappa shape index (κ3) is 3.64. The van der Waals surface area contributed by atoms with Crippen LogP contribution in [0.4, 0.5) is 10.1 Å². The van der Waals surface area contributed by atoms with Gasteiger partial charge in [0.2, 0.25) is 5.91 Å². The van der Waals surface area contributed by atoms with Crippen molar-refractivity contribution in [1.29, 1.82) is 0 Å². The molecule has 114 valence electrons. The minimum atomic E-state index is -0.261. The van der Waals surface area contributed by atoms with E-state index in [4.69, 9.17) is 4.74 Å². The first-order valence-corrected chi connectivity index (χ1v) is 7.40. The smallest absolute Gasteiger partial charge is 0.227 e. The van der Waals surface area contributed by atoms with Crippen molar-refractivity contribution in [1.82, 2.24) is 0 Å². The van der Waals surface area contributed by atoms with Crippen LogP contribution in [0.15, 0.2) is 48.5 Å². The zero-order valence-corrected chi connectivity index (χ0v) is 12.4. The molecule has 0 saturated heterocycles. The number of hydrogen-bond acceptors (Lipinski definition) is 2. The SMILES string of the molecule is C[C@@H]1C[C@@H]1C(=O)Nc1cccc(OCc2ccc(F)cc2)c1. The van der Waals surface area contributed by atoms with E-state index in [0.717, 1.165) is 17.7 Å². The van der Waals surface area contributed by atoms with Crippen molar-refractivity contribution in [2.45, 2.75) is 20.0 Å². The van der Waals surface area contributed by atoms with Gasteiger partial charge in [-0.1, -0.05) is 25.1 Å². The molecule has 1 saturated carbocycles. The summed E-state index contributed by atoms with van der Waals surface area (Å²) in [5.41, 5.74) is 1.63. The molecule has 22 heavy (non-hydrogen) atoms. The second-order valence-electron chi connectivity index (χ2n) is 5.75. The summed E-state index contributed by atoms with van der Waals surface area (Å²) in [4.78, 5) is 11.9. The summed E-state index contributed by atoms with van der Waals surface area (Å²) in [6.45, 7) is 2.43. The molecule has 0 spiro atoms. The van der Waals surface area contributed by atoms with E-state index in [-0.39, 0.29) is 17.6 Å². The van der Waals surface area contributed by atoms with Crippen molar-refractivity contribution < 1.29 is 13.9 Å². The Balaban J connectivity index is 1.58. The van der Waals surface area contributed by atoms with Crippen molar-refractivity contribution in [3.63, 3.8) is 0 Å². The lowest BCUT2D eigenvalue weighted by Gasteiger charge is -2.09. The van der Waals surface area contributed by atoms with Gasteiger partial charge in [-0.3, -0.25) is 4.79 Å². The van der Waals surface area contributed by atoms with E-state index in [1.54, 1.807) is 18.2 Å². The minimum absolute atomic E-state index is 0.0724. The van der Waals surface area contributed by atoms with Crippen LogP contribution in [0.5, 0.6) is 5.75 Å². The Morgan fingerprint density at radius 2 is 2.00 bits per heavy atom. The maximum absolute atomic E-state index is 12.8. The van der Waals surface area contributed by atoms with Gasteiger partial charge in [0.05, 0.1) is 0 Å². The molecule has 1 amide bonds. The number of carbonyl (C=O) groups excluding carboxylic acids is 1. The van der Waals surface area contributed by atoms with Crippen LogP contribution < -0.4 is 10.1 Å². The Labute approximate surface area is 129 Å². The topological polar surface area (TPSA) is 38.3 Å². The predicted octanol–water partition coefficient (Wildman–Crippen LogP) is 4.00. The predicted molar refractivity (Wildman–Crippen MR) is 83.1 cm³/mol. The summed E-state index contributed by atoms with van der Waals surface area (Å²) in [6.07, 6.45) is 0.965. The molecule has 1 aliphatic carbocycles. The van der Waals surface area contributed by atoms with Crippen molar-refractivity contribution in [3.8, 4) is 5.75 Å². The molecule has 1 N–H and O–H groups in total. The number of anilines is 1. The molecule has 1 aliphatic rings. The highest BCUT2D eigenvalue weighted by Gasteiger charge is 2.39. The lowest BCUT2D eigenvalue weighted by Crippen LogP contribution is -2.14. The van der Waals surface area contributed by atoms with Gasteiger partial charge in [0.1, 0.15) is 18.2 Å². The van der Waals surface area contributed by atoms with Crippen molar-refractivity contribution in [2.24, 2.45) is 11.8 Å². The van der Waals surface area contributed by atoms with Gasteiger partial charge in [0.25, 0.3) is 0 Å². The van der Waals surface area contributed by atoms with E-state index >= 15 is 0 Å². The number of ether oxygens (including phenoxy) is 1. The average molecular weight is 299 g/mol. The third-order valence-corrected chi connectivity index (χ3v) is 3.87. The van der Waals surface area contributed by atoms with Crippen LogP contribution in [-0.4, -0.2) is 5.91 Å². The average Bonchev–Trinajstić information content (AvgIpc) is 3.24. The van der Waals surface area contributed by atoms with E-state index in [0.29, 0.717) is 18.3 Å². The summed E-state index contributed by atoms with van der Waals surface area (Å²) in [5.74, 6) is 1.11. The monoisotopic (exact) mass is 299 g/mol. The number of carbonyl (C=O) groups is 1. The fourth-order valence-electron chi connectivity index (χ4n) is 2.33. The van der Waals surface area contributed by atoms with E-state index in [1.165, 1.54) is 12.1 Å². The maximum atomic E-state index is 12.8. The van der Waals surface area contributed by atoms with Gasteiger partial charge >= 0.3 is 0 Å². The highest BCUT2D eigenvalue weighted by molar-refractivity contribution is 5.94. The molecule has 2 aromatic carbocycles. The molecular weight excluding hydrogens is 281 g/mol. The van der Waals surface area contributed by atoms with Crippen LogP contribution in [0, 0.1) is 17.7 Å². The molecule has 4 heteroatoms.